The molecule has 132 valence electrons. The number of carbonyl (C=O) groups excluding carboxylic acids is 2. The van der Waals surface area contributed by atoms with Crippen LogP contribution in [0.15, 0.2) is 41.3 Å². The van der Waals surface area contributed by atoms with Crippen LogP contribution in [-0.2, 0) is 9.53 Å². The first-order valence-corrected chi connectivity index (χ1v) is 7.97. The highest BCUT2D eigenvalue weighted by Gasteiger charge is 2.17. The molecule has 2 N–H and O–H groups in total. The molecule has 0 spiro atoms. The second-order valence-electron chi connectivity index (χ2n) is 5.06. The second-order valence-corrected chi connectivity index (χ2v) is 5.90. The lowest BCUT2D eigenvalue weighted by molar-refractivity contribution is -0.119. The Morgan fingerprint density at radius 1 is 1.19 bits per heavy atom. The Kier molecular flexibility index (Phi) is 5.15. The maximum atomic E-state index is 12.2. The average molecular weight is 393 g/mol. The van der Waals surface area contributed by atoms with Crippen molar-refractivity contribution in [3.8, 4) is 0 Å². The first kappa shape index (κ1) is 17.8. The molecule has 10 heteroatoms. The number of amides is 1. The van der Waals surface area contributed by atoms with Gasteiger partial charge in [0.15, 0.2) is 18.1 Å². The number of rotatable bonds is 4. The standard InChI is InChI=1S/C16H10Cl2N4O4/c17-8-5-11(18)14(19-6-8)20-12(23)7-26-16(25)13-9-3-1-2-4-10(9)15(24)22-21-13/h1-6H,7H2,(H,22,24)(H,19,20,23). The number of halogens is 2. The Labute approximate surface area is 156 Å². The number of nitrogens with one attached hydrogen (secondary N) is 2. The zero-order chi connectivity index (χ0) is 18.7. The van der Waals surface area contributed by atoms with Crippen molar-refractivity contribution < 1.29 is 14.3 Å². The van der Waals surface area contributed by atoms with Crippen molar-refractivity contribution in [3.05, 3.63) is 62.6 Å². The predicted molar refractivity (Wildman–Crippen MR) is 95.5 cm³/mol. The number of hydrogen-bond acceptors (Lipinski definition) is 6. The second kappa shape index (κ2) is 7.51. The molecule has 2 heterocycles. The molecule has 3 rings (SSSR count). The number of aromatic nitrogens is 3. The predicted octanol–water partition coefficient (Wildman–Crippen LogP) is 2.42. The molecule has 0 bridgehead atoms. The number of H-pyrrole nitrogens is 1. The van der Waals surface area contributed by atoms with Crippen LogP contribution in [0, 0.1) is 0 Å². The van der Waals surface area contributed by atoms with Crippen molar-refractivity contribution in [2.24, 2.45) is 0 Å². The van der Waals surface area contributed by atoms with E-state index in [-0.39, 0.29) is 21.9 Å². The average Bonchev–Trinajstić information content (AvgIpc) is 2.63. The Hall–Kier alpha value is -2.97. The molecule has 2 aromatic heterocycles. The van der Waals surface area contributed by atoms with Gasteiger partial charge in [0.1, 0.15) is 0 Å². The molecule has 0 aliphatic carbocycles. The van der Waals surface area contributed by atoms with Gasteiger partial charge in [-0.05, 0) is 12.1 Å². The highest BCUT2D eigenvalue weighted by atomic mass is 35.5. The monoisotopic (exact) mass is 392 g/mol. The minimum absolute atomic E-state index is 0.0877. The normalized spacial score (nSPS) is 10.5. The smallest absolute Gasteiger partial charge is 0.359 e. The lowest BCUT2D eigenvalue weighted by atomic mass is 10.1. The van der Waals surface area contributed by atoms with Crippen molar-refractivity contribution >= 4 is 51.7 Å². The van der Waals surface area contributed by atoms with Crippen LogP contribution in [0.3, 0.4) is 0 Å². The molecule has 0 radical (unpaired) electrons. The zero-order valence-electron chi connectivity index (χ0n) is 13.0. The van der Waals surface area contributed by atoms with Crippen molar-refractivity contribution in [2.75, 3.05) is 11.9 Å². The van der Waals surface area contributed by atoms with E-state index in [0.29, 0.717) is 10.4 Å². The summed E-state index contributed by atoms with van der Waals surface area (Å²) in [6.45, 7) is -0.589. The molecule has 0 unspecified atom stereocenters. The third-order valence-electron chi connectivity index (χ3n) is 3.29. The van der Waals surface area contributed by atoms with Crippen LogP contribution >= 0.6 is 23.2 Å². The molecule has 0 aliphatic rings. The molecule has 0 fully saturated rings. The van der Waals surface area contributed by atoms with Crippen molar-refractivity contribution in [1.29, 1.82) is 0 Å². The summed E-state index contributed by atoms with van der Waals surface area (Å²) >= 11 is 11.6. The number of ether oxygens (including phenoxy) is 1. The number of esters is 1. The number of pyridine rings is 1. The van der Waals surface area contributed by atoms with Crippen molar-refractivity contribution in [3.63, 3.8) is 0 Å². The number of anilines is 1. The van der Waals surface area contributed by atoms with E-state index >= 15 is 0 Å². The van der Waals surface area contributed by atoms with E-state index in [0.717, 1.165) is 0 Å². The first-order valence-electron chi connectivity index (χ1n) is 7.21. The van der Waals surface area contributed by atoms with Crippen LogP contribution in [-0.4, -0.2) is 33.7 Å². The molecule has 1 aromatic carbocycles. The van der Waals surface area contributed by atoms with Crippen LogP contribution in [0.5, 0.6) is 0 Å². The maximum absolute atomic E-state index is 12.2. The SMILES string of the molecule is O=C(COC(=O)c1n[nH]c(=O)c2ccccc12)Nc1ncc(Cl)cc1Cl. The molecule has 8 nitrogen and oxygen atoms in total. The van der Waals surface area contributed by atoms with Gasteiger partial charge in [0.25, 0.3) is 11.5 Å². The van der Waals surface area contributed by atoms with Crippen molar-refractivity contribution in [1.82, 2.24) is 15.2 Å². The quantitative estimate of drug-likeness (QED) is 0.658. The minimum Gasteiger partial charge on any atom is -0.451 e. The van der Waals surface area contributed by atoms with Crippen LogP contribution < -0.4 is 10.9 Å². The van der Waals surface area contributed by atoms with Gasteiger partial charge in [0.05, 0.1) is 15.4 Å². The number of hydrogen-bond donors (Lipinski definition) is 2. The van der Waals surface area contributed by atoms with E-state index in [2.05, 4.69) is 20.5 Å². The van der Waals surface area contributed by atoms with E-state index in [4.69, 9.17) is 27.9 Å². The molecule has 0 aliphatic heterocycles. The van der Waals surface area contributed by atoms with Crippen LogP contribution in [0.25, 0.3) is 10.8 Å². The summed E-state index contributed by atoms with van der Waals surface area (Å²) in [5, 5.41) is 9.38. The van der Waals surface area contributed by atoms with Gasteiger partial charge in [0.2, 0.25) is 0 Å². The fourth-order valence-electron chi connectivity index (χ4n) is 2.14. The number of fused-ring (bicyclic) bond motifs is 1. The molecule has 26 heavy (non-hydrogen) atoms. The molecule has 0 atom stereocenters. The van der Waals surface area contributed by atoms with Gasteiger partial charge in [-0.2, -0.15) is 5.10 Å². The minimum atomic E-state index is -0.859. The first-order chi connectivity index (χ1) is 12.5. The van der Waals surface area contributed by atoms with E-state index in [1.807, 2.05) is 0 Å². The van der Waals surface area contributed by atoms with Gasteiger partial charge >= 0.3 is 5.97 Å². The third-order valence-corrected chi connectivity index (χ3v) is 3.78. The Morgan fingerprint density at radius 3 is 2.65 bits per heavy atom. The number of benzene rings is 1. The van der Waals surface area contributed by atoms with E-state index in [1.54, 1.807) is 24.3 Å². The molecular formula is C16H10Cl2N4O4. The summed E-state index contributed by atoms with van der Waals surface area (Å²) in [5.74, 6) is -1.42. The van der Waals surface area contributed by atoms with Gasteiger partial charge in [0, 0.05) is 11.6 Å². The van der Waals surface area contributed by atoms with E-state index in [9.17, 15) is 14.4 Å². The molecular weight excluding hydrogens is 383 g/mol. The highest BCUT2D eigenvalue weighted by molar-refractivity contribution is 6.36. The van der Waals surface area contributed by atoms with Gasteiger partial charge in [-0.15, -0.1) is 0 Å². The largest absolute Gasteiger partial charge is 0.451 e. The van der Waals surface area contributed by atoms with Gasteiger partial charge in [-0.1, -0.05) is 41.4 Å². The van der Waals surface area contributed by atoms with Crippen molar-refractivity contribution in [2.45, 2.75) is 0 Å². The lowest BCUT2D eigenvalue weighted by Crippen LogP contribution is -2.23. The number of aromatic amines is 1. The third kappa shape index (κ3) is 3.81. The highest BCUT2D eigenvalue weighted by Crippen LogP contribution is 2.22. The summed E-state index contributed by atoms with van der Waals surface area (Å²) in [7, 11) is 0. The lowest BCUT2D eigenvalue weighted by Gasteiger charge is -2.08. The van der Waals surface area contributed by atoms with Crippen LogP contribution in [0.4, 0.5) is 5.82 Å². The number of carbonyl (C=O) groups is 2. The molecule has 0 saturated heterocycles. The zero-order valence-corrected chi connectivity index (χ0v) is 14.5. The Balaban J connectivity index is 1.70. The van der Waals surface area contributed by atoms with Gasteiger partial charge in [-0.3, -0.25) is 9.59 Å². The van der Waals surface area contributed by atoms with Crippen LogP contribution in [0.2, 0.25) is 10.0 Å². The maximum Gasteiger partial charge on any atom is 0.359 e. The molecule has 0 saturated carbocycles. The van der Waals surface area contributed by atoms with E-state index < -0.39 is 24.0 Å². The summed E-state index contributed by atoms with van der Waals surface area (Å²) in [4.78, 5) is 39.7. The number of nitrogens with zero attached hydrogens (tertiary/aromatic N) is 2. The summed E-state index contributed by atoms with van der Waals surface area (Å²) < 4.78 is 4.94. The summed E-state index contributed by atoms with van der Waals surface area (Å²) in [6.07, 6.45) is 1.31. The van der Waals surface area contributed by atoms with Gasteiger partial charge < -0.3 is 10.1 Å². The fraction of sp³-hybridized carbons (Fsp3) is 0.0625. The topological polar surface area (TPSA) is 114 Å². The van der Waals surface area contributed by atoms with E-state index in [1.165, 1.54) is 12.3 Å². The summed E-state index contributed by atoms with van der Waals surface area (Å²) in [6, 6.07) is 7.83. The van der Waals surface area contributed by atoms with Gasteiger partial charge in [-0.25, -0.2) is 14.9 Å². The molecule has 3 aromatic rings. The fourth-order valence-corrected chi connectivity index (χ4v) is 2.57. The molecule has 1 amide bonds. The Morgan fingerprint density at radius 2 is 1.92 bits per heavy atom. The van der Waals surface area contributed by atoms with Crippen LogP contribution in [0.1, 0.15) is 10.5 Å². The summed E-state index contributed by atoms with van der Waals surface area (Å²) in [5.41, 5.74) is -0.533. The Bertz CT molecular complexity index is 1070.